The number of sulfonamides is 1. The molecule has 112 valence electrons. The molecule has 2 N–H and O–H groups in total. The van der Waals surface area contributed by atoms with Crippen molar-refractivity contribution in [1.29, 1.82) is 0 Å². The Morgan fingerprint density at radius 1 is 1.30 bits per heavy atom. The molecule has 0 saturated heterocycles. The van der Waals surface area contributed by atoms with E-state index in [1.165, 1.54) is 0 Å². The van der Waals surface area contributed by atoms with Gasteiger partial charge in [-0.3, -0.25) is 0 Å². The first kappa shape index (κ1) is 15.3. The number of para-hydroxylation sites is 1. The van der Waals surface area contributed by atoms with Crippen molar-refractivity contribution in [2.45, 2.75) is 51.0 Å². The Hall–Kier alpha value is -1.07. The zero-order chi connectivity index (χ0) is 14.8. The second kappa shape index (κ2) is 5.74. The molecule has 20 heavy (non-hydrogen) atoms. The van der Waals surface area contributed by atoms with Crippen LogP contribution in [0.1, 0.15) is 40.0 Å². The van der Waals surface area contributed by atoms with E-state index < -0.39 is 10.0 Å². The summed E-state index contributed by atoms with van der Waals surface area (Å²) in [5.41, 5.74) is 0.897. The standard InChI is InChI=1S/C15H24N2O2S/c1-4-16-13-7-5-6-8-14(13)20(18,19)17-12-9-10-15(2,3)11-12/h5-8,12,16-17H,4,9-11H2,1-3H3. The summed E-state index contributed by atoms with van der Waals surface area (Å²) in [7, 11) is -3.46. The van der Waals surface area contributed by atoms with Gasteiger partial charge in [0, 0.05) is 12.6 Å². The number of anilines is 1. The summed E-state index contributed by atoms with van der Waals surface area (Å²) in [5.74, 6) is 0. The SMILES string of the molecule is CCNc1ccccc1S(=O)(=O)NC1CCC(C)(C)C1. The summed E-state index contributed by atoms with van der Waals surface area (Å²) in [6.07, 6.45) is 2.88. The van der Waals surface area contributed by atoms with Crippen LogP contribution in [0.4, 0.5) is 5.69 Å². The molecule has 0 bridgehead atoms. The van der Waals surface area contributed by atoms with Gasteiger partial charge < -0.3 is 5.32 Å². The van der Waals surface area contributed by atoms with Crippen LogP contribution in [0, 0.1) is 5.41 Å². The molecule has 1 atom stereocenters. The molecule has 2 rings (SSSR count). The first-order valence-corrected chi connectivity index (χ1v) is 8.68. The average Bonchev–Trinajstić information content (AvgIpc) is 2.69. The van der Waals surface area contributed by atoms with Gasteiger partial charge in [-0.15, -0.1) is 0 Å². The molecule has 0 heterocycles. The van der Waals surface area contributed by atoms with Gasteiger partial charge in [0.2, 0.25) is 10.0 Å². The maximum atomic E-state index is 12.5. The van der Waals surface area contributed by atoms with Crippen molar-refractivity contribution < 1.29 is 8.42 Å². The summed E-state index contributed by atoms with van der Waals surface area (Å²) in [5, 5.41) is 3.10. The van der Waals surface area contributed by atoms with Crippen LogP contribution in [0.3, 0.4) is 0 Å². The van der Waals surface area contributed by atoms with E-state index in [0.717, 1.165) is 19.3 Å². The van der Waals surface area contributed by atoms with Crippen molar-refractivity contribution in [2.24, 2.45) is 5.41 Å². The van der Waals surface area contributed by atoms with Crippen molar-refractivity contribution in [3.63, 3.8) is 0 Å². The summed E-state index contributed by atoms with van der Waals surface area (Å²) >= 11 is 0. The summed E-state index contributed by atoms with van der Waals surface area (Å²) in [6, 6.07) is 7.10. The summed E-state index contributed by atoms with van der Waals surface area (Å²) in [4.78, 5) is 0.339. The molecule has 1 aromatic rings. The molecule has 1 aliphatic rings. The molecule has 1 fully saturated rings. The number of hydrogen-bond donors (Lipinski definition) is 2. The minimum absolute atomic E-state index is 0.0460. The van der Waals surface area contributed by atoms with Gasteiger partial charge in [0.15, 0.2) is 0 Å². The Labute approximate surface area is 122 Å². The lowest BCUT2D eigenvalue weighted by Gasteiger charge is -2.19. The Balaban J connectivity index is 2.19. The van der Waals surface area contributed by atoms with Crippen LogP contribution in [0.5, 0.6) is 0 Å². The maximum absolute atomic E-state index is 12.5. The summed E-state index contributed by atoms with van der Waals surface area (Å²) in [6.45, 7) is 7.03. The highest BCUT2D eigenvalue weighted by Gasteiger charge is 2.33. The van der Waals surface area contributed by atoms with E-state index >= 15 is 0 Å². The van der Waals surface area contributed by atoms with Crippen LogP contribution >= 0.6 is 0 Å². The van der Waals surface area contributed by atoms with Crippen molar-refractivity contribution in [3.05, 3.63) is 24.3 Å². The van der Waals surface area contributed by atoms with Crippen molar-refractivity contribution in [1.82, 2.24) is 4.72 Å². The molecule has 0 radical (unpaired) electrons. The highest BCUT2D eigenvalue weighted by molar-refractivity contribution is 7.89. The fourth-order valence-electron chi connectivity index (χ4n) is 2.86. The maximum Gasteiger partial charge on any atom is 0.242 e. The molecule has 0 aromatic heterocycles. The molecule has 1 unspecified atom stereocenters. The van der Waals surface area contributed by atoms with Crippen molar-refractivity contribution >= 4 is 15.7 Å². The molecular formula is C15H24N2O2S. The summed E-state index contributed by atoms with van der Waals surface area (Å²) < 4.78 is 27.9. The van der Waals surface area contributed by atoms with Crippen molar-refractivity contribution in [2.75, 3.05) is 11.9 Å². The van der Waals surface area contributed by atoms with E-state index in [1.54, 1.807) is 18.2 Å². The predicted molar refractivity (Wildman–Crippen MR) is 82.3 cm³/mol. The monoisotopic (exact) mass is 296 g/mol. The Bertz CT molecular complexity index is 567. The molecule has 4 nitrogen and oxygen atoms in total. The van der Waals surface area contributed by atoms with E-state index in [9.17, 15) is 8.42 Å². The smallest absolute Gasteiger partial charge is 0.242 e. The molecule has 0 spiro atoms. The van der Waals surface area contributed by atoms with Crippen LogP contribution in [0.25, 0.3) is 0 Å². The highest BCUT2D eigenvalue weighted by atomic mass is 32.2. The lowest BCUT2D eigenvalue weighted by atomic mass is 9.92. The molecule has 1 saturated carbocycles. The zero-order valence-electron chi connectivity index (χ0n) is 12.4. The highest BCUT2D eigenvalue weighted by Crippen LogP contribution is 2.37. The minimum atomic E-state index is -3.46. The fourth-order valence-corrected chi connectivity index (χ4v) is 4.31. The quantitative estimate of drug-likeness (QED) is 0.878. The lowest BCUT2D eigenvalue weighted by Crippen LogP contribution is -2.34. The van der Waals surface area contributed by atoms with E-state index in [-0.39, 0.29) is 11.5 Å². The second-order valence-corrected chi connectivity index (χ2v) is 7.93. The van der Waals surface area contributed by atoms with Crippen LogP contribution in [0.2, 0.25) is 0 Å². The van der Waals surface area contributed by atoms with Crippen LogP contribution in [-0.2, 0) is 10.0 Å². The van der Waals surface area contributed by atoms with Gasteiger partial charge in [-0.1, -0.05) is 26.0 Å². The zero-order valence-corrected chi connectivity index (χ0v) is 13.3. The predicted octanol–water partition coefficient (Wildman–Crippen LogP) is 2.98. The molecule has 0 aliphatic heterocycles. The van der Waals surface area contributed by atoms with Gasteiger partial charge in [0.25, 0.3) is 0 Å². The normalized spacial score (nSPS) is 21.9. The third-order valence-electron chi connectivity index (χ3n) is 3.83. The third-order valence-corrected chi connectivity index (χ3v) is 5.41. The molecule has 5 heteroatoms. The van der Waals surface area contributed by atoms with E-state index in [2.05, 4.69) is 23.9 Å². The number of hydrogen-bond acceptors (Lipinski definition) is 3. The van der Waals surface area contributed by atoms with E-state index in [4.69, 9.17) is 0 Å². The Morgan fingerprint density at radius 3 is 2.60 bits per heavy atom. The fraction of sp³-hybridized carbons (Fsp3) is 0.600. The topological polar surface area (TPSA) is 58.2 Å². The van der Waals surface area contributed by atoms with Gasteiger partial charge in [-0.05, 0) is 43.7 Å². The van der Waals surface area contributed by atoms with Crippen molar-refractivity contribution in [3.8, 4) is 0 Å². The van der Waals surface area contributed by atoms with Gasteiger partial charge in [-0.2, -0.15) is 0 Å². The van der Waals surface area contributed by atoms with Crippen LogP contribution in [-0.4, -0.2) is 21.0 Å². The second-order valence-electron chi connectivity index (χ2n) is 6.25. The van der Waals surface area contributed by atoms with Gasteiger partial charge in [-0.25, -0.2) is 13.1 Å². The first-order chi connectivity index (χ1) is 9.34. The Morgan fingerprint density at radius 2 is 2.00 bits per heavy atom. The van der Waals surface area contributed by atoms with E-state index in [0.29, 0.717) is 17.1 Å². The number of benzene rings is 1. The van der Waals surface area contributed by atoms with Gasteiger partial charge in [0.05, 0.1) is 5.69 Å². The van der Waals surface area contributed by atoms with E-state index in [1.807, 2.05) is 13.0 Å². The average molecular weight is 296 g/mol. The molecule has 1 aromatic carbocycles. The van der Waals surface area contributed by atoms with Crippen LogP contribution in [0.15, 0.2) is 29.2 Å². The first-order valence-electron chi connectivity index (χ1n) is 7.19. The molecule has 1 aliphatic carbocycles. The Kier molecular flexibility index (Phi) is 4.39. The largest absolute Gasteiger partial charge is 0.384 e. The van der Waals surface area contributed by atoms with Crippen LogP contribution < -0.4 is 10.0 Å². The number of nitrogens with one attached hydrogen (secondary N) is 2. The minimum Gasteiger partial charge on any atom is -0.384 e. The van der Waals surface area contributed by atoms with Gasteiger partial charge in [0.1, 0.15) is 4.90 Å². The molecule has 0 amide bonds. The lowest BCUT2D eigenvalue weighted by molar-refractivity contribution is 0.372. The van der Waals surface area contributed by atoms with Gasteiger partial charge >= 0.3 is 0 Å². The molecular weight excluding hydrogens is 272 g/mol. The number of rotatable bonds is 5. The third kappa shape index (κ3) is 3.52.